The van der Waals surface area contributed by atoms with Crippen molar-refractivity contribution in [2.24, 2.45) is 0 Å². The SMILES string of the molecule is COc1ccc(COC2CCCCCC2)cc1C#N. The molecule has 0 spiro atoms. The van der Waals surface area contributed by atoms with E-state index < -0.39 is 0 Å². The lowest BCUT2D eigenvalue weighted by Gasteiger charge is -2.15. The molecule has 0 atom stereocenters. The zero-order valence-electron chi connectivity index (χ0n) is 11.5. The minimum absolute atomic E-state index is 0.384. The monoisotopic (exact) mass is 259 g/mol. The Kier molecular flexibility index (Phi) is 5.23. The molecule has 1 fully saturated rings. The average Bonchev–Trinajstić information content (AvgIpc) is 2.73. The van der Waals surface area contributed by atoms with Crippen molar-refractivity contribution >= 4 is 0 Å². The van der Waals surface area contributed by atoms with Gasteiger partial charge in [0.2, 0.25) is 0 Å². The first kappa shape index (κ1) is 13.9. The fourth-order valence-electron chi connectivity index (χ4n) is 2.55. The van der Waals surface area contributed by atoms with Crippen molar-refractivity contribution in [1.29, 1.82) is 5.26 Å². The second-order valence-corrected chi connectivity index (χ2v) is 5.07. The Balaban J connectivity index is 1.93. The van der Waals surface area contributed by atoms with E-state index in [9.17, 15) is 0 Å². The van der Waals surface area contributed by atoms with Crippen LogP contribution in [0, 0.1) is 11.3 Å². The molecule has 3 heteroatoms. The number of hydrogen-bond donors (Lipinski definition) is 0. The summed E-state index contributed by atoms with van der Waals surface area (Å²) in [6, 6.07) is 7.82. The van der Waals surface area contributed by atoms with Crippen molar-refractivity contribution in [3.05, 3.63) is 29.3 Å². The molecule has 0 amide bonds. The Morgan fingerprint density at radius 1 is 1.21 bits per heavy atom. The molecule has 1 aromatic rings. The Hall–Kier alpha value is -1.53. The number of nitrogens with zero attached hydrogens (tertiary/aromatic N) is 1. The summed E-state index contributed by atoms with van der Waals surface area (Å²) in [6.45, 7) is 0.587. The Morgan fingerprint density at radius 2 is 1.95 bits per heavy atom. The average molecular weight is 259 g/mol. The van der Waals surface area contributed by atoms with Gasteiger partial charge in [0, 0.05) is 0 Å². The molecule has 0 bridgehead atoms. The molecule has 0 unspecified atom stereocenters. The van der Waals surface area contributed by atoms with Crippen LogP contribution in [-0.4, -0.2) is 13.2 Å². The maximum Gasteiger partial charge on any atom is 0.136 e. The van der Waals surface area contributed by atoms with Crippen LogP contribution in [0.3, 0.4) is 0 Å². The largest absolute Gasteiger partial charge is 0.495 e. The van der Waals surface area contributed by atoms with Crippen molar-refractivity contribution in [3.63, 3.8) is 0 Å². The third-order valence-electron chi connectivity index (χ3n) is 3.67. The van der Waals surface area contributed by atoms with E-state index in [1.54, 1.807) is 7.11 Å². The molecule has 19 heavy (non-hydrogen) atoms. The maximum absolute atomic E-state index is 9.06. The lowest BCUT2D eigenvalue weighted by molar-refractivity contribution is 0.0309. The molecule has 1 aromatic carbocycles. The van der Waals surface area contributed by atoms with E-state index >= 15 is 0 Å². The lowest BCUT2D eigenvalue weighted by atomic mass is 10.1. The molecule has 1 aliphatic rings. The number of ether oxygens (including phenoxy) is 2. The van der Waals surface area contributed by atoms with Crippen LogP contribution in [0.25, 0.3) is 0 Å². The fourth-order valence-corrected chi connectivity index (χ4v) is 2.55. The lowest BCUT2D eigenvalue weighted by Crippen LogP contribution is -2.11. The second-order valence-electron chi connectivity index (χ2n) is 5.07. The number of rotatable bonds is 4. The van der Waals surface area contributed by atoms with Gasteiger partial charge in [-0.2, -0.15) is 5.26 Å². The van der Waals surface area contributed by atoms with Crippen molar-refractivity contribution < 1.29 is 9.47 Å². The fraction of sp³-hybridized carbons (Fsp3) is 0.562. The summed E-state index contributed by atoms with van der Waals surface area (Å²) in [7, 11) is 1.58. The smallest absolute Gasteiger partial charge is 0.136 e. The maximum atomic E-state index is 9.06. The highest BCUT2D eigenvalue weighted by Crippen LogP contribution is 2.23. The van der Waals surface area contributed by atoms with Crippen molar-refractivity contribution in [2.45, 2.75) is 51.2 Å². The van der Waals surface area contributed by atoms with E-state index in [-0.39, 0.29) is 0 Å². The molecule has 1 aliphatic carbocycles. The molecule has 0 radical (unpaired) electrons. The highest BCUT2D eigenvalue weighted by Gasteiger charge is 2.13. The Morgan fingerprint density at radius 3 is 2.58 bits per heavy atom. The van der Waals surface area contributed by atoms with Gasteiger partial charge in [-0.05, 0) is 30.5 Å². The van der Waals surface area contributed by atoms with Crippen molar-refractivity contribution in [3.8, 4) is 11.8 Å². The third kappa shape index (κ3) is 3.97. The summed E-state index contributed by atoms with van der Waals surface area (Å²) in [6.07, 6.45) is 7.94. The normalized spacial score (nSPS) is 16.6. The van der Waals surface area contributed by atoms with Crippen LogP contribution in [0.15, 0.2) is 18.2 Å². The van der Waals surface area contributed by atoms with Crippen LogP contribution >= 0.6 is 0 Å². The highest BCUT2D eigenvalue weighted by atomic mass is 16.5. The standard InChI is InChI=1S/C16H21NO2/c1-18-16-9-8-13(10-14(16)11-17)12-19-15-6-4-2-3-5-7-15/h8-10,15H,2-7,12H2,1H3. The Labute approximate surface area is 115 Å². The van der Waals surface area contributed by atoms with E-state index in [1.165, 1.54) is 38.5 Å². The van der Waals surface area contributed by atoms with Gasteiger partial charge in [-0.3, -0.25) is 0 Å². The molecule has 0 heterocycles. The van der Waals surface area contributed by atoms with E-state index in [0.29, 0.717) is 24.0 Å². The van der Waals surface area contributed by atoms with Crippen molar-refractivity contribution in [1.82, 2.24) is 0 Å². The number of methoxy groups -OCH3 is 1. The topological polar surface area (TPSA) is 42.2 Å². The minimum Gasteiger partial charge on any atom is -0.495 e. The van der Waals surface area contributed by atoms with Gasteiger partial charge < -0.3 is 9.47 Å². The van der Waals surface area contributed by atoms with Gasteiger partial charge in [0.15, 0.2) is 0 Å². The van der Waals surface area contributed by atoms with E-state index in [0.717, 1.165) is 5.56 Å². The second kappa shape index (κ2) is 7.16. The van der Waals surface area contributed by atoms with Gasteiger partial charge in [-0.15, -0.1) is 0 Å². The third-order valence-corrected chi connectivity index (χ3v) is 3.67. The van der Waals surface area contributed by atoms with Crippen molar-refractivity contribution in [2.75, 3.05) is 7.11 Å². The number of benzene rings is 1. The number of nitriles is 1. The van der Waals surface area contributed by atoms with Gasteiger partial charge in [0.1, 0.15) is 11.8 Å². The predicted molar refractivity (Wildman–Crippen MR) is 74.0 cm³/mol. The van der Waals surface area contributed by atoms with Gasteiger partial charge in [0.25, 0.3) is 0 Å². The van der Waals surface area contributed by atoms with Crippen LogP contribution in [0.5, 0.6) is 5.75 Å². The zero-order valence-corrected chi connectivity index (χ0v) is 11.5. The van der Waals surface area contributed by atoms with Gasteiger partial charge in [-0.25, -0.2) is 0 Å². The summed E-state index contributed by atoms with van der Waals surface area (Å²) in [5.41, 5.74) is 1.62. The zero-order chi connectivity index (χ0) is 13.5. The molecule has 2 rings (SSSR count). The van der Waals surface area contributed by atoms with Crippen LogP contribution in [0.2, 0.25) is 0 Å². The number of hydrogen-bond acceptors (Lipinski definition) is 3. The summed E-state index contributed by atoms with van der Waals surface area (Å²) in [5.74, 6) is 0.626. The molecule has 0 N–H and O–H groups in total. The summed E-state index contributed by atoms with van der Waals surface area (Å²) in [4.78, 5) is 0. The molecule has 1 saturated carbocycles. The van der Waals surface area contributed by atoms with E-state index in [2.05, 4.69) is 6.07 Å². The van der Waals surface area contributed by atoms with Gasteiger partial charge in [0.05, 0.1) is 25.4 Å². The molecular formula is C16H21NO2. The summed E-state index contributed by atoms with van der Waals surface area (Å²) < 4.78 is 11.1. The summed E-state index contributed by atoms with van der Waals surface area (Å²) in [5, 5.41) is 9.06. The van der Waals surface area contributed by atoms with Crippen LogP contribution in [0.4, 0.5) is 0 Å². The van der Waals surface area contributed by atoms with Gasteiger partial charge >= 0.3 is 0 Å². The van der Waals surface area contributed by atoms with E-state index in [4.69, 9.17) is 14.7 Å². The van der Waals surface area contributed by atoms with Crippen LogP contribution < -0.4 is 4.74 Å². The highest BCUT2D eigenvalue weighted by molar-refractivity contribution is 5.45. The molecule has 102 valence electrons. The van der Waals surface area contributed by atoms with Gasteiger partial charge in [-0.1, -0.05) is 31.7 Å². The molecular weight excluding hydrogens is 238 g/mol. The van der Waals surface area contributed by atoms with Crippen LogP contribution in [0.1, 0.15) is 49.7 Å². The summed E-state index contributed by atoms with van der Waals surface area (Å²) >= 11 is 0. The molecule has 0 saturated heterocycles. The molecule has 0 aliphatic heterocycles. The first-order valence-electron chi connectivity index (χ1n) is 7.02. The molecule has 0 aromatic heterocycles. The first-order valence-corrected chi connectivity index (χ1v) is 7.02. The Bertz CT molecular complexity index is 443. The van der Waals surface area contributed by atoms with Crippen LogP contribution in [-0.2, 0) is 11.3 Å². The minimum atomic E-state index is 0.384. The molecule has 3 nitrogen and oxygen atoms in total. The quantitative estimate of drug-likeness (QED) is 0.772. The van der Waals surface area contributed by atoms with E-state index in [1.807, 2.05) is 18.2 Å². The predicted octanol–water partition coefficient (Wildman–Crippen LogP) is 3.81. The first-order chi connectivity index (χ1) is 9.33.